The normalized spacial score (nSPS) is 15.8. The van der Waals surface area contributed by atoms with E-state index >= 15 is 0 Å². The van der Waals surface area contributed by atoms with Crippen LogP contribution in [0.15, 0.2) is 0 Å². The highest BCUT2D eigenvalue weighted by molar-refractivity contribution is 5.92. The van der Waals surface area contributed by atoms with Gasteiger partial charge in [-0.2, -0.15) is 0 Å². The van der Waals surface area contributed by atoms with Gasteiger partial charge in [0.2, 0.25) is 5.82 Å². The van der Waals surface area contributed by atoms with Gasteiger partial charge in [0.05, 0.1) is 0 Å². The Morgan fingerprint density at radius 3 is 2.61 bits per heavy atom. The van der Waals surface area contributed by atoms with Crippen molar-refractivity contribution in [2.45, 2.75) is 38.6 Å². The molecular weight excluding hydrogens is 236 g/mol. The first-order valence-corrected chi connectivity index (χ1v) is 5.99. The molecule has 0 atom stereocenters. The Balaban J connectivity index is 2.17. The number of aromatic amines is 1. The molecule has 1 amide bonds. The van der Waals surface area contributed by atoms with E-state index in [1.165, 1.54) is 4.90 Å². The molecule has 7 heteroatoms. The van der Waals surface area contributed by atoms with Gasteiger partial charge in [0.1, 0.15) is 12.4 Å². The van der Waals surface area contributed by atoms with Crippen molar-refractivity contribution in [1.82, 2.24) is 20.1 Å². The summed E-state index contributed by atoms with van der Waals surface area (Å²) in [6, 6.07) is -0.00703. The van der Waals surface area contributed by atoms with Crippen molar-refractivity contribution < 1.29 is 14.7 Å². The maximum absolute atomic E-state index is 12.2. The number of carbonyl (C=O) groups is 2. The molecule has 7 nitrogen and oxygen atoms in total. The van der Waals surface area contributed by atoms with Crippen molar-refractivity contribution in [3.05, 3.63) is 11.6 Å². The van der Waals surface area contributed by atoms with Gasteiger partial charge in [-0.05, 0) is 19.8 Å². The molecule has 2 rings (SSSR count). The van der Waals surface area contributed by atoms with E-state index in [1.54, 1.807) is 6.92 Å². The second kappa shape index (κ2) is 5.16. The van der Waals surface area contributed by atoms with E-state index in [-0.39, 0.29) is 18.4 Å². The summed E-state index contributed by atoms with van der Waals surface area (Å²) in [5.41, 5.74) is 0. The van der Waals surface area contributed by atoms with Gasteiger partial charge in [0, 0.05) is 6.04 Å². The third-order valence-electron chi connectivity index (χ3n) is 3.12. The topological polar surface area (TPSA) is 99.2 Å². The number of carboxylic acids is 1. The van der Waals surface area contributed by atoms with Gasteiger partial charge in [0.25, 0.3) is 5.91 Å². The van der Waals surface area contributed by atoms with Gasteiger partial charge in [0.15, 0.2) is 0 Å². The smallest absolute Gasteiger partial charge is 0.323 e. The summed E-state index contributed by atoms with van der Waals surface area (Å²) in [5, 5.41) is 15.3. The van der Waals surface area contributed by atoms with Crippen molar-refractivity contribution in [2.24, 2.45) is 0 Å². The monoisotopic (exact) mass is 252 g/mol. The van der Waals surface area contributed by atoms with Crippen LogP contribution in [-0.2, 0) is 4.79 Å². The molecule has 0 bridgehead atoms. The summed E-state index contributed by atoms with van der Waals surface area (Å²) in [6.07, 6.45) is 3.76. The lowest BCUT2D eigenvalue weighted by atomic mass is 10.2. The molecule has 1 aromatic heterocycles. The number of carboxylic acid groups (broad SMARTS) is 1. The van der Waals surface area contributed by atoms with E-state index in [9.17, 15) is 9.59 Å². The van der Waals surface area contributed by atoms with Gasteiger partial charge in [-0.15, -0.1) is 5.10 Å². The number of carbonyl (C=O) groups excluding carboxylic acids is 1. The predicted octanol–water partition coefficient (Wildman–Crippen LogP) is 0.583. The SMILES string of the molecule is Cc1nc(C(=O)N(CC(=O)O)C2CCCC2)n[nH]1. The Bertz CT molecular complexity index is 451. The standard InChI is InChI=1S/C11H16N4O3/c1-7-12-10(14-13-7)11(18)15(6-9(16)17)8-4-2-3-5-8/h8H,2-6H2,1H3,(H,16,17)(H,12,13,14). The summed E-state index contributed by atoms with van der Waals surface area (Å²) in [5.74, 6) is -0.836. The molecule has 0 radical (unpaired) electrons. The second-order valence-corrected chi connectivity index (χ2v) is 4.51. The van der Waals surface area contributed by atoms with Gasteiger partial charge in [-0.25, -0.2) is 4.98 Å². The lowest BCUT2D eigenvalue weighted by Gasteiger charge is -2.25. The van der Waals surface area contributed by atoms with Gasteiger partial charge < -0.3 is 10.0 Å². The first kappa shape index (κ1) is 12.5. The number of aliphatic carboxylic acids is 1. The molecule has 0 spiro atoms. The van der Waals surface area contributed by atoms with E-state index in [2.05, 4.69) is 15.2 Å². The minimum absolute atomic E-state index is 0.00703. The quantitative estimate of drug-likeness (QED) is 0.816. The molecular formula is C11H16N4O3. The molecule has 1 heterocycles. The Hall–Kier alpha value is -1.92. The molecule has 1 aliphatic carbocycles. The van der Waals surface area contributed by atoms with Crippen molar-refractivity contribution in [3.63, 3.8) is 0 Å². The Morgan fingerprint density at radius 1 is 1.44 bits per heavy atom. The van der Waals surface area contributed by atoms with E-state index < -0.39 is 11.9 Å². The van der Waals surface area contributed by atoms with Crippen molar-refractivity contribution >= 4 is 11.9 Å². The van der Waals surface area contributed by atoms with Crippen LogP contribution in [0.1, 0.15) is 42.1 Å². The number of H-pyrrole nitrogens is 1. The molecule has 0 saturated heterocycles. The fourth-order valence-electron chi connectivity index (χ4n) is 2.30. The molecule has 0 unspecified atom stereocenters. The minimum atomic E-state index is -1.01. The van der Waals surface area contributed by atoms with E-state index in [1.807, 2.05) is 0 Å². The van der Waals surface area contributed by atoms with Gasteiger partial charge >= 0.3 is 5.97 Å². The number of hydrogen-bond donors (Lipinski definition) is 2. The fourth-order valence-corrected chi connectivity index (χ4v) is 2.30. The number of rotatable bonds is 4. The maximum atomic E-state index is 12.2. The molecule has 1 aliphatic rings. The Labute approximate surface area is 104 Å². The van der Waals surface area contributed by atoms with Gasteiger partial charge in [-0.3, -0.25) is 14.7 Å². The van der Waals surface area contributed by atoms with E-state index in [4.69, 9.17) is 5.11 Å². The zero-order valence-electron chi connectivity index (χ0n) is 10.2. The minimum Gasteiger partial charge on any atom is -0.480 e. The maximum Gasteiger partial charge on any atom is 0.323 e. The second-order valence-electron chi connectivity index (χ2n) is 4.51. The highest BCUT2D eigenvalue weighted by Crippen LogP contribution is 2.24. The van der Waals surface area contributed by atoms with Crippen molar-refractivity contribution in [3.8, 4) is 0 Å². The van der Waals surface area contributed by atoms with E-state index in [0.717, 1.165) is 25.7 Å². The number of amides is 1. The molecule has 18 heavy (non-hydrogen) atoms. The first-order valence-electron chi connectivity index (χ1n) is 5.99. The van der Waals surface area contributed by atoms with Crippen LogP contribution >= 0.6 is 0 Å². The lowest BCUT2D eigenvalue weighted by Crippen LogP contribution is -2.42. The average molecular weight is 252 g/mol. The summed E-state index contributed by atoms with van der Waals surface area (Å²) in [6.45, 7) is 1.40. The third-order valence-corrected chi connectivity index (χ3v) is 3.12. The van der Waals surface area contributed by atoms with Crippen LogP contribution in [0.3, 0.4) is 0 Å². The van der Waals surface area contributed by atoms with Crippen molar-refractivity contribution in [1.29, 1.82) is 0 Å². The van der Waals surface area contributed by atoms with Crippen LogP contribution in [0.25, 0.3) is 0 Å². The molecule has 1 fully saturated rings. The van der Waals surface area contributed by atoms with Crippen LogP contribution in [0.5, 0.6) is 0 Å². The van der Waals surface area contributed by atoms with Crippen LogP contribution in [0, 0.1) is 6.92 Å². The average Bonchev–Trinajstić information content (AvgIpc) is 2.95. The Kier molecular flexibility index (Phi) is 3.59. The highest BCUT2D eigenvalue weighted by atomic mass is 16.4. The number of nitrogens with zero attached hydrogens (tertiary/aromatic N) is 3. The first-order chi connectivity index (χ1) is 8.58. The van der Waals surface area contributed by atoms with Gasteiger partial charge in [-0.1, -0.05) is 12.8 Å². The summed E-state index contributed by atoms with van der Waals surface area (Å²) in [7, 11) is 0. The lowest BCUT2D eigenvalue weighted by molar-refractivity contribution is -0.138. The summed E-state index contributed by atoms with van der Waals surface area (Å²) >= 11 is 0. The number of aryl methyl sites for hydroxylation is 1. The molecule has 0 aliphatic heterocycles. The molecule has 0 aromatic carbocycles. The van der Waals surface area contributed by atoms with Crippen LogP contribution in [0.2, 0.25) is 0 Å². The number of hydrogen-bond acceptors (Lipinski definition) is 4. The fraction of sp³-hybridized carbons (Fsp3) is 0.636. The van der Waals surface area contributed by atoms with E-state index in [0.29, 0.717) is 5.82 Å². The molecule has 98 valence electrons. The highest BCUT2D eigenvalue weighted by Gasteiger charge is 2.30. The number of nitrogens with one attached hydrogen (secondary N) is 1. The molecule has 1 saturated carbocycles. The predicted molar refractivity (Wildman–Crippen MR) is 62.0 cm³/mol. The summed E-state index contributed by atoms with van der Waals surface area (Å²) < 4.78 is 0. The number of aromatic nitrogens is 3. The third kappa shape index (κ3) is 2.66. The van der Waals surface area contributed by atoms with Crippen molar-refractivity contribution in [2.75, 3.05) is 6.54 Å². The molecule has 2 N–H and O–H groups in total. The van der Waals surface area contributed by atoms with Crippen LogP contribution < -0.4 is 0 Å². The van der Waals surface area contributed by atoms with Crippen LogP contribution in [0.4, 0.5) is 0 Å². The zero-order valence-corrected chi connectivity index (χ0v) is 10.2. The van der Waals surface area contributed by atoms with Crippen LogP contribution in [-0.4, -0.2) is 49.7 Å². The zero-order chi connectivity index (χ0) is 13.1. The Morgan fingerprint density at radius 2 is 2.11 bits per heavy atom. The largest absolute Gasteiger partial charge is 0.480 e. The molecule has 1 aromatic rings. The summed E-state index contributed by atoms with van der Waals surface area (Å²) in [4.78, 5) is 28.4.